The highest BCUT2D eigenvalue weighted by Gasteiger charge is 2.01. The van der Waals surface area contributed by atoms with Crippen molar-refractivity contribution < 1.29 is 9.53 Å². The zero-order valence-corrected chi connectivity index (χ0v) is 12.4. The molecular formula is C12H25N3O2S. The van der Waals surface area contributed by atoms with Crippen LogP contribution >= 0.6 is 11.8 Å². The fraction of sp³-hybridized carbons (Fsp3) is 0.833. The van der Waals surface area contributed by atoms with Crippen molar-refractivity contribution in [3.05, 3.63) is 0 Å². The summed E-state index contributed by atoms with van der Waals surface area (Å²) in [6, 6.07) is 0. The van der Waals surface area contributed by atoms with E-state index in [1.165, 1.54) is 0 Å². The summed E-state index contributed by atoms with van der Waals surface area (Å²) in [5.74, 6) is 1.72. The molecule has 0 spiro atoms. The van der Waals surface area contributed by atoms with Crippen LogP contribution in [0.1, 0.15) is 26.7 Å². The average molecular weight is 275 g/mol. The molecule has 106 valence electrons. The molecule has 0 aromatic carbocycles. The molecule has 0 aromatic heterocycles. The Balaban J connectivity index is 3.81. The predicted molar refractivity (Wildman–Crippen MR) is 78.2 cm³/mol. The molecule has 0 amide bonds. The van der Waals surface area contributed by atoms with Crippen molar-refractivity contribution >= 4 is 23.7 Å². The van der Waals surface area contributed by atoms with E-state index in [1.807, 2.05) is 13.8 Å². The summed E-state index contributed by atoms with van der Waals surface area (Å²) in [5.41, 5.74) is 0. The van der Waals surface area contributed by atoms with Gasteiger partial charge in [0.2, 0.25) is 0 Å². The molecule has 0 aliphatic heterocycles. The average Bonchev–Trinajstić information content (AvgIpc) is 2.35. The van der Waals surface area contributed by atoms with Crippen LogP contribution in [0, 0.1) is 0 Å². The monoisotopic (exact) mass is 275 g/mol. The van der Waals surface area contributed by atoms with Crippen molar-refractivity contribution in [2.45, 2.75) is 26.7 Å². The Kier molecular flexibility index (Phi) is 11.9. The quantitative estimate of drug-likeness (QED) is 0.287. The summed E-state index contributed by atoms with van der Waals surface area (Å²) in [6.07, 6.45) is 3.23. The van der Waals surface area contributed by atoms with Crippen LogP contribution < -0.4 is 10.6 Å². The van der Waals surface area contributed by atoms with Gasteiger partial charge in [0.1, 0.15) is 0 Å². The molecule has 0 heterocycles. The second-order valence-corrected chi connectivity index (χ2v) is 4.57. The van der Waals surface area contributed by atoms with Crippen molar-refractivity contribution in [1.29, 1.82) is 0 Å². The number of rotatable bonds is 9. The summed E-state index contributed by atoms with van der Waals surface area (Å²) in [6.45, 7) is 6.65. The van der Waals surface area contributed by atoms with Gasteiger partial charge in [0.15, 0.2) is 5.96 Å². The van der Waals surface area contributed by atoms with Gasteiger partial charge in [-0.05, 0) is 26.5 Å². The highest BCUT2D eigenvalue weighted by atomic mass is 32.2. The van der Waals surface area contributed by atoms with Crippen molar-refractivity contribution in [1.82, 2.24) is 10.6 Å². The molecule has 0 saturated carbocycles. The molecule has 0 bridgehead atoms. The number of guanidine groups is 1. The Hall–Kier alpha value is -0.910. The first-order valence-corrected chi connectivity index (χ1v) is 7.80. The number of esters is 1. The minimum absolute atomic E-state index is 0.145. The second kappa shape index (κ2) is 12.5. The topological polar surface area (TPSA) is 62.7 Å². The lowest BCUT2D eigenvalue weighted by Gasteiger charge is -2.10. The van der Waals surface area contributed by atoms with Gasteiger partial charge < -0.3 is 15.4 Å². The number of carbonyl (C=O) groups is 1. The van der Waals surface area contributed by atoms with Gasteiger partial charge in [0.25, 0.3) is 0 Å². The molecule has 0 unspecified atom stereocenters. The summed E-state index contributed by atoms with van der Waals surface area (Å²) in [5, 5.41) is 6.40. The van der Waals surface area contributed by atoms with Crippen LogP contribution in [0.3, 0.4) is 0 Å². The van der Waals surface area contributed by atoms with E-state index in [1.54, 1.807) is 11.8 Å². The number of hydrogen-bond donors (Lipinski definition) is 2. The van der Waals surface area contributed by atoms with E-state index in [0.717, 1.165) is 31.2 Å². The van der Waals surface area contributed by atoms with Gasteiger partial charge in [-0.15, -0.1) is 0 Å². The van der Waals surface area contributed by atoms with E-state index in [-0.39, 0.29) is 5.97 Å². The summed E-state index contributed by atoms with van der Waals surface area (Å²) < 4.78 is 4.85. The van der Waals surface area contributed by atoms with E-state index in [0.29, 0.717) is 19.6 Å². The Labute approximate surface area is 114 Å². The van der Waals surface area contributed by atoms with Crippen LogP contribution in [-0.4, -0.2) is 50.2 Å². The van der Waals surface area contributed by atoms with Gasteiger partial charge in [-0.25, -0.2) is 0 Å². The Morgan fingerprint density at radius 3 is 2.72 bits per heavy atom. The summed E-state index contributed by atoms with van der Waals surface area (Å²) in [7, 11) is 0. The molecule has 0 aliphatic rings. The molecule has 6 heteroatoms. The van der Waals surface area contributed by atoms with Gasteiger partial charge >= 0.3 is 5.97 Å². The molecule has 0 atom stereocenters. The highest BCUT2D eigenvalue weighted by molar-refractivity contribution is 7.98. The maximum atomic E-state index is 11.1. The van der Waals surface area contributed by atoms with Gasteiger partial charge in [-0.1, -0.05) is 0 Å². The number of thioether (sulfide) groups is 1. The standard InChI is InChI=1S/C12H25N3O2S/c1-4-13-12(15-9-10-18-3)14-8-6-7-11(16)17-5-2/h4-10H2,1-3H3,(H2,13,14,15). The molecule has 2 N–H and O–H groups in total. The van der Waals surface area contributed by atoms with E-state index in [2.05, 4.69) is 21.9 Å². The lowest BCUT2D eigenvalue weighted by Crippen LogP contribution is -2.38. The van der Waals surface area contributed by atoms with Crippen molar-refractivity contribution in [2.75, 3.05) is 38.2 Å². The van der Waals surface area contributed by atoms with Crippen LogP contribution in [0.4, 0.5) is 0 Å². The third-order valence-corrected chi connectivity index (χ3v) is 2.67. The predicted octanol–water partition coefficient (Wildman–Crippen LogP) is 1.25. The smallest absolute Gasteiger partial charge is 0.305 e. The molecule has 0 aliphatic carbocycles. The second-order valence-electron chi connectivity index (χ2n) is 3.59. The van der Waals surface area contributed by atoms with Crippen molar-refractivity contribution in [2.24, 2.45) is 4.99 Å². The Bertz CT molecular complexity index is 247. The highest BCUT2D eigenvalue weighted by Crippen LogP contribution is 1.93. The van der Waals surface area contributed by atoms with E-state index in [9.17, 15) is 4.79 Å². The van der Waals surface area contributed by atoms with Crippen LogP contribution in [-0.2, 0) is 9.53 Å². The molecule has 0 saturated heterocycles. The number of nitrogens with zero attached hydrogens (tertiary/aromatic N) is 1. The third kappa shape index (κ3) is 10.3. The largest absolute Gasteiger partial charge is 0.466 e. The van der Waals surface area contributed by atoms with Crippen LogP contribution in [0.5, 0.6) is 0 Å². The van der Waals surface area contributed by atoms with Crippen LogP contribution in [0.15, 0.2) is 4.99 Å². The fourth-order valence-electron chi connectivity index (χ4n) is 1.26. The SMILES string of the molecule is CCNC(=NCCCC(=O)OCC)NCCSC. The molecular weight excluding hydrogens is 250 g/mol. The van der Waals surface area contributed by atoms with Gasteiger partial charge in [-0.2, -0.15) is 11.8 Å². The first-order valence-electron chi connectivity index (χ1n) is 6.41. The van der Waals surface area contributed by atoms with Crippen molar-refractivity contribution in [3.63, 3.8) is 0 Å². The zero-order valence-electron chi connectivity index (χ0n) is 11.6. The number of aliphatic imine (C=N–C) groups is 1. The lowest BCUT2D eigenvalue weighted by molar-refractivity contribution is -0.143. The first-order chi connectivity index (χ1) is 8.74. The number of nitrogens with one attached hydrogen (secondary N) is 2. The molecule has 5 nitrogen and oxygen atoms in total. The third-order valence-electron chi connectivity index (χ3n) is 2.06. The maximum Gasteiger partial charge on any atom is 0.305 e. The minimum atomic E-state index is -0.145. The molecule has 18 heavy (non-hydrogen) atoms. The first kappa shape index (κ1) is 17.1. The van der Waals surface area contributed by atoms with Crippen molar-refractivity contribution in [3.8, 4) is 0 Å². The zero-order chi connectivity index (χ0) is 13.6. The summed E-state index contributed by atoms with van der Waals surface area (Å²) >= 11 is 1.79. The van der Waals surface area contributed by atoms with Gasteiger partial charge in [0.05, 0.1) is 6.61 Å². The van der Waals surface area contributed by atoms with E-state index < -0.39 is 0 Å². The number of ether oxygens (including phenoxy) is 1. The van der Waals surface area contributed by atoms with Gasteiger partial charge in [-0.3, -0.25) is 9.79 Å². The van der Waals surface area contributed by atoms with E-state index in [4.69, 9.17) is 4.74 Å². The van der Waals surface area contributed by atoms with Gasteiger partial charge in [0, 0.05) is 31.8 Å². The Morgan fingerprint density at radius 2 is 2.11 bits per heavy atom. The summed E-state index contributed by atoms with van der Waals surface area (Å²) in [4.78, 5) is 15.5. The van der Waals surface area contributed by atoms with Crippen LogP contribution in [0.25, 0.3) is 0 Å². The fourth-order valence-corrected chi connectivity index (χ4v) is 1.57. The van der Waals surface area contributed by atoms with E-state index >= 15 is 0 Å². The lowest BCUT2D eigenvalue weighted by atomic mass is 10.3. The molecule has 0 fully saturated rings. The Morgan fingerprint density at radius 1 is 1.33 bits per heavy atom. The molecule has 0 rings (SSSR count). The number of hydrogen-bond acceptors (Lipinski definition) is 4. The van der Waals surface area contributed by atoms with Crippen LogP contribution in [0.2, 0.25) is 0 Å². The molecule has 0 radical (unpaired) electrons. The molecule has 0 aromatic rings. The maximum absolute atomic E-state index is 11.1. The minimum Gasteiger partial charge on any atom is -0.466 e. The normalized spacial score (nSPS) is 11.2. The number of carbonyl (C=O) groups excluding carboxylic acids is 1.